The number of methoxy groups -OCH3 is 1. The maximum Gasteiger partial charge on any atom is 0.363 e. The van der Waals surface area contributed by atoms with Crippen molar-refractivity contribution in [3.63, 3.8) is 0 Å². The van der Waals surface area contributed by atoms with Crippen molar-refractivity contribution in [2.75, 3.05) is 7.11 Å². The van der Waals surface area contributed by atoms with Crippen molar-refractivity contribution in [2.24, 2.45) is 0 Å². The van der Waals surface area contributed by atoms with Gasteiger partial charge in [0.15, 0.2) is 5.69 Å². The van der Waals surface area contributed by atoms with Gasteiger partial charge in [-0.2, -0.15) is 4.98 Å². The van der Waals surface area contributed by atoms with Crippen molar-refractivity contribution >= 4 is 11.7 Å². The van der Waals surface area contributed by atoms with Gasteiger partial charge in [0.2, 0.25) is 0 Å². The molecular formula is C8H8N4O3. The first kappa shape index (κ1) is 9.38. The van der Waals surface area contributed by atoms with Gasteiger partial charge in [-0.15, -0.1) is 0 Å². The highest BCUT2D eigenvalue weighted by Crippen LogP contribution is 2.04. The van der Waals surface area contributed by atoms with Crippen LogP contribution in [0.2, 0.25) is 0 Å². The van der Waals surface area contributed by atoms with Crippen molar-refractivity contribution in [1.29, 1.82) is 0 Å². The molecule has 2 heterocycles. The number of fused-ring (bicyclic) bond motifs is 1. The summed E-state index contributed by atoms with van der Waals surface area (Å²) >= 11 is 0. The lowest BCUT2D eigenvalue weighted by Gasteiger charge is -2.02. The molecule has 0 aliphatic heterocycles. The number of carbonyl (C=O) groups excluding carboxylic acids is 1. The number of hydrogen-bond donors (Lipinski definition) is 1. The van der Waals surface area contributed by atoms with E-state index in [0.29, 0.717) is 5.69 Å². The Morgan fingerprint density at radius 2 is 2.27 bits per heavy atom. The van der Waals surface area contributed by atoms with E-state index in [1.165, 1.54) is 17.7 Å². The standard InChI is InChI=1S/C8H8N4O3/c1-4-3-5(6(13)15-2)12-7(9-4)10-8(14)11-12/h3H,1-2H3,(H,11,14). The molecule has 0 saturated carbocycles. The van der Waals surface area contributed by atoms with Gasteiger partial charge in [0.25, 0.3) is 5.78 Å². The normalized spacial score (nSPS) is 10.5. The van der Waals surface area contributed by atoms with Gasteiger partial charge >= 0.3 is 11.7 Å². The Morgan fingerprint density at radius 1 is 1.53 bits per heavy atom. The predicted molar refractivity (Wildman–Crippen MR) is 49.7 cm³/mol. The van der Waals surface area contributed by atoms with Crippen LogP contribution in [0.4, 0.5) is 0 Å². The quantitative estimate of drug-likeness (QED) is 0.639. The fourth-order valence-corrected chi connectivity index (χ4v) is 1.26. The van der Waals surface area contributed by atoms with E-state index in [9.17, 15) is 9.59 Å². The number of ether oxygens (including phenoxy) is 1. The maximum atomic E-state index is 11.4. The number of H-pyrrole nitrogens is 1. The van der Waals surface area contributed by atoms with E-state index in [4.69, 9.17) is 0 Å². The predicted octanol–water partition coefficient (Wildman–Crippen LogP) is -0.487. The minimum absolute atomic E-state index is 0.153. The lowest BCUT2D eigenvalue weighted by Crippen LogP contribution is -2.12. The largest absolute Gasteiger partial charge is 0.464 e. The van der Waals surface area contributed by atoms with Gasteiger partial charge in [0.05, 0.1) is 7.11 Å². The van der Waals surface area contributed by atoms with Crippen LogP contribution in [-0.2, 0) is 4.74 Å². The molecule has 0 bridgehead atoms. The number of nitrogens with one attached hydrogen (secondary N) is 1. The monoisotopic (exact) mass is 208 g/mol. The summed E-state index contributed by atoms with van der Waals surface area (Å²) in [7, 11) is 1.26. The Hall–Kier alpha value is -2.18. The second kappa shape index (κ2) is 3.19. The van der Waals surface area contributed by atoms with Crippen LogP contribution in [0.1, 0.15) is 16.2 Å². The third-order valence-corrected chi connectivity index (χ3v) is 1.87. The molecule has 1 N–H and O–H groups in total. The lowest BCUT2D eigenvalue weighted by atomic mass is 10.3. The Kier molecular flexibility index (Phi) is 2.00. The van der Waals surface area contributed by atoms with Gasteiger partial charge in [0, 0.05) is 5.69 Å². The summed E-state index contributed by atoms with van der Waals surface area (Å²) in [6, 6.07) is 1.51. The van der Waals surface area contributed by atoms with Gasteiger partial charge in [-0.05, 0) is 13.0 Å². The third kappa shape index (κ3) is 1.47. The Labute approximate surface area is 83.7 Å². The molecule has 0 fully saturated rings. The van der Waals surface area contributed by atoms with Gasteiger partial charge in [-0.1, -0.05) is 0 Å². The fourth-order valence-electron chi connectivity index (χ4n) is 1.26. The minimum Gasteiger partial charge on any atom is -0.464 e. The first-order valence-corrected chi connectivity index (χ1v) is 4.16. The zero-order valence-corrected chi connectivity index (χ0v) is 8.14. The summed E-state index contributed by atoms with van der Waals surface area (Å²) in [5.74, 6) is -0.403. The number of carbonyl (C=O) groups is 1. The highest BCUT2D eigenvalue weighted by molar-refractivity contribution is 5.87. The number of rotatable bonds is 1. The van der Waals surface area contributed by atoms with Crippen molar-refractivity contribution in [3.8, 4) is 0 Å². The van der Waals surface area contributed by atoms with Gasteiger partial charge in [-0.3, -0.25) is 0 Å². The molecule has 0 amide bonds. The molecule has 15 heavy (non-hydrogen) atoms. The molecule has 0 atom stereocenters. The van der Waals surface area contributed by atoms with Crippen LogP contribution in [0.25, 0.3) is 5.78 Å². The molecule has 2 aromatic rings. The van der Waals surface area contributed by atoms with E-state index in [2.05, 4.69) is 19.8 Å². The van der Waals surface area contributed by atoms with Crippen molar-refractivity contribution < 1.29 is 9.53 Å². The average molecular weight is 208 g/mol. The smallest absolute Gasteiger partial charge is 0.363 e. The van der Waals surface area contributed by atoms with Crippen molar-refractivity contribution in [2.45, 2.75) is 6.92 Å². The van der Waals surface area contributed by atoms with Gasteiger partial charge in [-0.25, -0.2) is 24.2 Å². The third-order valence-electron chi connectivity index (χ3n) is 1.87. The number of hydrogen-bond acceptors (Lipinski definition) is 5. The molecule has 0 aliphatic carbocycles. The van der Waals surface area contributed by atoms with Crippen molar-refractivity contribution in [3.05, 3.63) is 27.9 Å². The summed E-state index contributed by atoms with van der Waals surface area (Å²) in [5.41, 5.74) is 0.217. The molecule has 0 unspecified atom stereocenters. The van der Waals surface area contributed by atoms with E-state index in [1.807, 2.05) is 0 Å². The second-order valence-corrected chi connectivity index (χ2v) is 2.94. The zero-order valence-electron chi connectivity index (χ0n) is 8.14. The summed E-state index contributed by atoms with van der Waals surface area (Å²) in [6.45, 7) is 1.70. The van der Waals surface area contributed by atoms with E-state index in [1.54, 1.807) is 6.92 Å². The average Bonchev–Trinajstić information content (AvgIpc) is 2.55. The van der Waals surface area contributed by atoms with Crippen LogP contribution < -0.4 is 5.69 Å². The lowest BCUT2D eigenvalue weighted by molar-refractivity contribution is 0.0590. The summed E-state index contributed by atoms with van der Waals surface area (Å²) in [4.78, 5) is 29.9. The molecule has 0 radical (unpaired) electrons. The first-order chi connectivity index (χ1) is 7.11. The van der Waals surface area contributed by atoms with Gasteiger partial charge in [0.1, 0.15) is 0 Å². The highest BCUT2D eigenvalue weighted by atomic mass is 16.5. The SMILES string of the molecule is COC(=O)c1cc(C)nc2nc(=O)[nH]n12. The maximum absolute atomic E-state index is 11.4. The first-order valence-electron chi connectivity index (χ1n) is 4.16. The molecule has 7 nitrogen and oxygen atoms in total. The fraction of sp³-hybridized carbons (Fsp3) is 0.250. The highest BCUT2D eigenvalue weighted by Gasteiger charge is 2.13. The molecule has 0 saturated heterocycles. The zero-order chi connectivity index (χ0) is 11.0. The van der Waals surface area contributed by atoms with E-state index < -0.39 is 11.7 Å². The summed E-state index contributed by atoms with van der Waals surface area (Å²) < 4.78 is 5.77. The minimum atomic E-state index is -0.557. The van der Waals surface area contributed by atoms with Crippen LogP contribution in [0, 0.1) is 6.92 Å². The molecule has 7 heteroatoms. The number of aromatic nitrogens is 4. The van der Waals surface area contributed by atoms with E-state index >= 15 is 0 Å². The Balaban J connectivity index is 2.81. The van der Waals surface area contributed by atoms with E-state index in [-0.39, 0.29) is 11.5 Å². The van der Waals surface area contributed by atoms with Crippen LogP contribution in [0.5, 0.6) is 0 Å². The molecule has 2 aromatic heterocycles. The van der Waals surface area contributed by atoms with Crippen molar-refractivity contribution in [1.82, 2.24) is 19.6 Å². The molecule has 0 spiro atoms. The summed E-state index contributed by atoms with van der Waals surface area (Å²) in [6.07, 6.45) is 0. The van der Waals surface area contributed by atoms with Crippen LogP contribution in [0.3, 0.4) is 0 Å². The number of esters is 1. The van der Waals surface area contributed by atoms with E-state index in [0.717, 1.165) is 0 Å². The number of aromatic amines is 1. The number of aryl methyl sites for hydroxylation is 1. The molecule has 0 aliphatic rings. The Morgan fingerprint density at radius 3 is 2.93 bits per heavy atom. The topological polar surface area (TPSA) is 89.3 Å². The second-order valence-electron chi connectivity index (χ2n) is 2.94. The van der Waals surface area contributed by atoms with Crippen LogP contribution in [0.15, 0.2) is 10.9 Å². The van der Waals surface area contributed by atoms with Crippen LogP contribution >= 0.6 is 0 Å². The Bertz CT molecular complexity index is 583. The molecule has 0 aromatic carbocycles. The number of nitrogens with zero attached hydrogens (tertiary/aromatic N) is 3. The summed E-state index contributed by atoms with van der Waals surface area (Å²) in [5, 5.41) is 2.36. The molecule has 2 rings (SSSR count). The molecular weight excluding hydrogens is 200 g/mol. The van der Waals surface area contributed by atoms with Crippen LogP contribution in [-0.4, -0.2) is 32.7 Å². The molecule has 78 valence electrons. The van der Waals surface area contributed by atoms with Gasteiger partial charge < -0.3 is 4.74 Å².